The number of carbonyl (C=O) groups is 1. The Hall–Kier alpha value is -1.42. The van der Waals surface area contributed by atoms with E-state index in [2.05, 4.69) is 0 Å². The Morgan fingerprint density at radius 2 is 1.89 bits per heavy atom. The third kappa shape index (κ3) is 3.53. The highest BCUT2D eigenvalue weighted by Crippen LogP contribution is 2.33. The molecule has 0 atom stereocenters. The van der Waals surface area contributed by atoms with E-state index in [4.69, 9.17) is 9.47 Å². The molecule has 1 saturated heterocycles. The number of hydrogen-bond acceptors (Lipinski definition) is 3. The molecule has 0 N–H and O–H groups in total. The van der Waals surface area contributed by atoms with E-state index in [1.54, 1.807) is 24.3 Å². The lowest BCUT2D eigenvalue weighted by Gasteiger charge is -2.34. The lowest BCUT2D eigenvalue weighted by Crippen LogP contribution is -2.42. The van der Waals surface area contributed by atoms with Crippen LogP contribution in [0.15, 0.2) is 24.3 Å². The Morgan fingerprint density at radius 1 is 1.32 bits per heavy atom. The van der Waals surface area contributed by atoms with E-state index < -0.39 is 11.3 Å². The second-order valence-corrected chi connectivity index (χ2v) is 5.92. The Labute approximate surface area is 112 Å². The molecule has 3 nitrogen and oxygen atoms in total. The van der Waals surface area contributed by atoms with E-state index in [0.717, 1.165) is 5.56 Å². The molecular formula is C15H19FO3. The fourth-order valence-corrected chi connectivity index (χ4v) is 1.91. The van der Waals surface area contributed by atoms with Crippen LogP contribution in [0.5, 0.6) is 0 Å². The predicted octanol–water partition coefficient (Wildman–Crippen LogP) is 2.77. The van der Waals surface area contributed by atoms with Crippen molar-refractivity contribution in [1.82, 2.24) is 0 Å². The second kappa shape index (κ2) is 4.93. The maximum absolute atomic E-state index is 14.0. The summed E-state index contributed by atoms with van der Waals surface area (Å²) in [5.41, 5.74) is -0.415. The molecule has 1 fully saturated rings. The van der Waals surface area contributed by atoms with Gasteiger partial charge in [0.1, 0.15) is 5.60 Å². The second-order valence-electron chi connectivity index (χ2n) is 5.92. The first-order valence-corrected chi connectivity index (χ1v) is 6.36. The molecule has 0 unspecified atom stereocenters. The van der Waals surface area contributed by atoms with Gasteiger partial charge in [0.25, 0.3) is 0 Å². The van der Waals surface area contributed by atoms with Crippen LogP contribution in [0.4, 0.5) is 4.39 Å². The Balaban J connectivity index is 1.97. The first-order valence-electron chi connectivity index (χ1n) is 6.36. The van der Waals surface area contributed by atoms with Gasteiger partial charge in [-0.1, -0.05) is 24.3 Å². The number of rotatable bonds is 3. The molecular weight excluding hydrogens is 247 g/mol. The number of benzene rings is 1. The number of halogens is 1. The summed E-state index contributed by atoms with van der Waals surface area (Å²) in [6.45, 7) is 5.71. The SMILES string of the molecule is CC(C)(C)OC(=O)Cc1ccc(C2(F)COC2)cc1. The molecule has 0 saturated carbocycles. The molecule has 0 radical (unpaired) electrons. The zero-order valence-electron chi connectivity index (χ0n) is 11.5. The average molecular weight is 266 g/mol. The van der Waals surface area contributed by atoms with Gasteiger partial charge < -0.3 is 9.47 Å². The summed E-state index contributed by atoms with van der Waals surface area (Å²) in [6, 6.07) is 6.95. The van der Waals surface area contributed by atoms with Crippen molar-refractivity contribution in [2.45, 2.75) is 38.5 Å². The van der Waals surface area contributed by atoms with Gasteiger partial charge in [0.15, 0.2) is 5.67 Å². The van der Waals surface area contributed by atoms with Crippen molar-refractivity contribution in [3.8, 4) is 0 Å². The molecule has 1 aromatic rings. The van der Waals surface area contributed by atoms with Crippen molar-refractivity contribution >= 4 is 5.97 Å². The van der Waals surface area contributed by atoms with Crippen molar-refractivity contribution in [2.75, 3.05) is 13.2 Å². The van der Waals surface area contributed by atoms with Crippen LogP contribution in [0.25, 0.3) is 0 Å². The smallest absolute Gasteiger partial charge is 0.310 e. The van der Waals surface area contributed by atoms with Crippen LogP contribution in [0.1, 0.15) is 31.9 Å². The maximum Gasteiger partial charge on any atom is 0.310 e. The van der Waals surface area contributed by atoms with Gasteiger partial charge in [-0.3, -0.25) is 4.79 Å². The van der Waals surface area contributed by atoms with E-state index in [1.165, 1.54) is 0 Å². The van der Waals surface area contributed by atoms with Crippen LogP contribution in [-0.4, -0.2) is 24.8 Å². The molecule has 0 aromatic heterocycles. The third-order valence-electron chi connectivity index (χ3n) is 2.90. The van der Waals surface area contributed by atoms with E-state index in [-0.39, 0.29) is 25.6 Å². The summed E-state index contributed by atoms with van der Waals surface area (Å²) < 4.78 is 24.2. The molecule has 19 heavy (non-hydrogen) atoms. The summed E-state index contributed by atoms with van der Waals surface area (Å²) in [5.74, 6) is -0.276. The lowest BCUT2D eigenvalue weighted by atomic mass is 9.93. The van der Waals surface area contributed by atoms with Crippen molar-refractivity contribution < 1.29 is 18.7 Å². The summed E-state index contributed by atoms with van der Waals surface area (Å²) in [7, 11) is 0. The standard InChI is InChI=1S/C15H19FO3/c1-14(2,3)19-13(17)8-11-4-6-12(7-5-11)15(16)9-18-10-15/h4-7H,8-10H2,1-3H3. The van der Waals surface area contributed by atoms with Gasteiger partial charge in [0.2, 0.25) is 0 Å². The Kier molecular flexibility index (Phi) is 3.63. The number of hydrogen-bond donors (Lipinski definition) is 0. The Bertz CT molecular complexity index is 455. The minimum absolute atomic E-state index is 0.110. The largest absolute Gasteiger partial charge is 0.460 e. The number of esters is 1. The third-order valence-corrected chi connectivity index (χ3v) is 2.90. The fourth-order valence-electron chi connectivity index (χ4n) is 1.91. The van der Waals surface area contributed by atoms with Crippen LogP contribution < -0.4 is 0 Å². The zero-order chi connectivity index (χ0) is 14.1. The first kappa shape index (κ1) is 14.0. The van der Waals surface area contributed by atoms with Crippen molar-refractivity contribution in [3.05, 3.63) is 35.4 Å². The molecule has 1 aromatic carbocycles. The van der Waals surface area contributed by atoms with Crippen LogP contribution >= 0.6 is 0 Å². The van der Waals surface area contributed by atoms with Gasteiger partial charge in [-0.2, -0.15) is 0 Å². The molecule has 1 aliphatic heterocycles. The summed E-state index contributed by atoms with van der Waals surface area (Å²) in [6.07, 6.45) is 0.202. The van der Waals surface area contributed by atoms with Gasteiger partial charge in [0.05, 0.1) is 19.6 Å². The van der Waals surface area contributed by atoms with Crippen LogP contribution in [0.3, 0.4) is 0 Å². The van der Waals surface area contributed by atoms with Crippen molar-refractivity contribution in [2.24, 2.45) is 0 Å². The van der Waals surface area contributed by atoms with E-state index in [1.807, 2.05) is 20.8 Å². The number of ether oxygens (including phenoxy) is 2. The molecule has 2 rings (SSSR count). The van der Waals surface area contributed by atoms with Crippen LogP contribution in [0.2, 0.25) is 0 Å². The Morgan fingerprint density at radius 3 is 2.32 bits per heavy atom. The molecule has 1 aliphatic rings. The van der Waals surface area contributed by atoms with E-state index >= 15 is 0 Å². The average Bonchev–Trinajstić information content (AvgIpc) is 2.24. The van der Waals surface area contributed by atoms with Crippen LogP contribution in [-0.2, 0) is 26.4 Å². The quantitative estimate of drug-likeness (QED) is 0.789. The van der Waals surface area contributed by atoms with Gasteiger partial charge in [-0.05, 0) is 31.9 Å². The van der Waals surface area contributed by atoms with Gasteiger partial charge in [0, 0.05) is 0 Å². The molecule has 1 heterocycles. The van der Waals surface area contributed by atoms with Gasteiger partial charge in [-0.25, -0.2) is 4.39 Å². The molecule has 104 valence electrons. The monoisotopic (exact) mass is 266 g/mol. The summed E-state index contributed by atoms with van der Waals surface area (Å²) in [5, 5.41) is 0. The first-order chi connectivity index (χ1) is 8.78. The molecule has 0 amide bonds. The topological polar surface area (TPSA) is 35.5 Å². The highest BCUT2D eigenvalue weighted by molar-refractivity contribution is 5.73. The fraction of sp³-hybridized carbons (Fsp3) is 0.533. The summed E-state index contributed by atoms with van der Waals surface area (Å²) in [4.78, 5) is 11.7. The number of carbonyl (C=O) groups excluding carboxylic acids is 1. The highest BCUT2D eigenvalue weighted by atomic mass is 19.1. The molecule has 0 aliphatic carbocycles. The highest BCUT2D eigenvalue weighted by Gasteiger charge is 2.40. The van der Waals surface area contributed by atoms with E-state index in [9.17, 15) is 9.18 Å². The van der Waals surface area contributed by atoms with Gasteiger partial charge >= 0.3 is 5.97 Å². The van der Waals surface area contributed by atoms with E-state index in [0.29, 0.717) is 5.56 Å². The molecule has 0 spiro atoms. The van der Waals surface area contributed by atoms with Crippen molar-refractivity contribution in [1.29, 1.82) is 0 Å². The predicted molar refractivity (Wildman–Crippen MR) is 69.6 cm³/mol. The number of alkyl halides is 1. The lowest BCUT2D eigenvalue weighted by molar-refractivity contribution is -0.153. The normalized spacial score (nSPS) is 17.7. The molecule has 4 heteroatoms. The van der Waals surface area contributed by atoms with Crippen LogP contribution in [0, 0.1) is 0 Å². The van der Waals surface area contributed by atoms with Gasteiger partial charge in [-0.15, -0.1) is 0 Å². The molecule has 0 bridgehead atoms. The minimum atomic E-state index is -1.36. The zero-order valence-corrected chi connectivity index (χ0v) is 11.5. The maximum atomic E-state index is 14.0. The van der Waals surface area contributed by atoms with Crippen molar-refractivity contribution in [3.63, 3.8) is 0 Å². The minimum Gasteiger partial charge on any atom is -0.460 e. The summed E-state index contributed by atoms with van der Waals surface area (Å²) >= 11 is 0.